The normalized spacial score (nSPS) is 19.6. The Labute approximate surface area is 49.2 Å². The topological polar surface area (TPSA) is 0 Å². The average Bonchev–Trinajstić information content (AvgIpc) is 2.17. The molecule has 1 aliphatic carbocycles. The minimum absolute atomic E-state index is 0.697. The predicted octanol–water partition coefficient (Wildman–Crippen LogP) is 2.35. The number of rotatable bonds is 2. The number of hydrogen-bond acceptors (Lipinski definition) is 0. The summed E-state index contributed by atoms with van der Waals surface area (Å²) in [6, 6.07) is 0. The van der Waals surface area contributed by atoms with Gasteiger partial charge in [-0.2, -0.15) is 0 Å². The Morgan fingerprint density at radius 2 is 2.29 bits per heavy atom. The molecule has 0 atom stereocenters. The second-order valence-electron chi connectivity index (χ2n) is 1.95. The molecule has 1 saturated carbocycles. The molecule has 1 rings (SSSR count). The molecular formula is C6H8Cl. The van der Waals surface area contributed by atoms with E-state index in [-0.39, 0.29) is 0 Å². The quantitative estimate of drug-likeness (QED) is 0.518. The van der Waals surface area contributed by atoms with Gasteiger partial charge < -0.3 is 0 Å². The molecule has 1 aliphatic rings. The van der Waals surface area contributed by atoms with Gasteiger partial charge in [0.1, 0.15) is 0 Å². The van der Waals surface area contributed by atoms with Crippen LogP contribution in [0.4, 0.5) is 0 Å². The van der Waals surface area contributed by atoms with Gasteiger partial charge in [0.05, 0.1) is 0 Å². The van der Waals surface area contributed by atoms with Crippen molar-refractivity contribution in [3.05, 3.63) is 18.0 Å². The van der Waals surface area contributed by atoms with E-state index in [9.17, 15) is 0 Å². The van der Waals surface area contributed by atoms with E-state index in [1.54, 1.807) is 0 Å². The second-order valence-corrected chi connectivity index (χ2v) is 2.44. The molecule has 39 valence electrons. The van der Waals surface area contributed by atoms with Gasteiger partial charge in [-0.05, 0) is 18.8 Å². The molecule has 0 N–H and O–H groups in total. The maximum Gasteiger partial charge on any atom is 0.0149 e. The Morgan fingerprint density at radius 1 is 1.71 bits per heavy atom. The largest absolute Gasteiger partial charge is 0.0895 e. The van der Waals surface area contributed by atoms with Gasteiger partial charge in [-0.25, -0.2) is 0 Å². The van der Waals surface area contributed by atoms with Crippen LogP contribution in [0.5, 0.6) is 0 Å². The van der Waals surface area contributed by atoms with Crippen LogP contribution >= 0.6 is 11.6 Å². The van der Waals surface area contributed by atoms with Crippen LogP contribution in [0.25, 0.3) is 0 Å². The van der Waals surface area contributed by atoms with Crippen molar-refractivity contribution in [2.24, 2.45) is 5.92 Å². The Bertz CT molecular complexity index is 82.2. The number of allylic oxidation sites excluding steroid dienone is 1. The van der Waals surface area contributed by atoms with Crippen LogP contribution in [0.15, 0.2) is 11.6 Å². The molecule has 0 bridgehead atoms. The van der Waals surface area contributed by atoms with Crippen LogP contribution < -0.4 is 0 Å². The summed E-state index contributed by atoms with van der Waals surface area (Å²) in [6.07, 6.45) is 4.64. The first-order valence-electron chi connectivity index (χ1n) is 2.48. The van der Waals surface area contributed by atoms with Crippen molar-refractivity contribution in [3.8, 4) is 0 Å². The predicted molar refractivity (Wildman–Crippen MR) is 32.0 cm³/mol. The van der Waals surface area contributed by atoms with Gasteiger partial charge in [0.25, 0.3) is 0 Å². The van der Waals surface area contributed by atoms with E-state index in [0.717, 1.165) is 5.92 Å². The minimum Gasteiger partial charge on any atom is -0.0895 e. The summed E-state index contributed by atoms with van der Waals surface area (Å²) in [5.74, 6) is 0.769. The molecule has 0 aromatic heterocycles. The zero-order valence-corrected chi connectivity index (χ0v) is 4.91. The monoisotopic (exact) mass is 115 g/mol. The van der Waals surface area contributed by atoms with Crippen LogP contribution in [-0.2, 0) is 0 Å². The molecule has 0 amide bonds. The van der Waals surface area contributed by atoms with Crippen molar-refractivity contribution < 1.29 is 0 Å². The molecule has 0 aliphatic heterocycles. The molecule has 7 heavy (non-hydrogen) atoms. The maximum absolute atomic E-state index is 5.46. The molecule has 0 heterocycles. The maximum atomic E-state index is 5.46. The van der Waals surface area contributed by atoms with E-state index in [1.807, 2.05) is 6.42 Å². The van der Waals surface area contributed by atoms with E-state index >= 15 is 0 Å². The van der Waals surface area contributed by atoms with E-state index in [1.165, 1.54) is 12.8 Å². The van der Waals surface area contributed by atoms with Crippen molar-refractivity contribution in [3.63, 3.8) is 0 Å². The van der Waals surface area contributed by atoms with E-state index in [4.69, 9.17) is 11.6 Å². The summed E-state index contributed by atoms with van der Waals surface area (Å²) in [7, 11) is 0. The Hall–Kier alpha value is 0.0300. The highest BCUT2D eigenvalue weighted by Gasteiger charge is 2.21. The first kappa shape index (κ1) is 5.17. The van der Waals surface area contributed by atoms with Gasteiger partial charge in [0.2, 0.25) is 0 Å². The molecular weight excluding hydrogens is 108 g/mol. The fourth-order valence-corrected chi connectivity index (χ4v) is 0.697. The molecule has 0 saturated heterocycles. The summed E-state index contributed by atoms with van der Waals surface area (Å²) in [5.41, 5.74) is 0. The summed E-state index contributed by atoms with van der Waals surface area (Å²) >= 11 is 5.46. The first-order valence-corrected chi connectivity index (χ1v) is 2.86. The number of hydrogen-bond donors (Lipinski definition) is 0. The van der Waals surface area contributed by atoms with Crippen molar-refractivity contribution in [2.45, 2.75) is 12.8 Å². The summed E-state index contributed by atoms with van der Waals surface area (Å²) in [5, 5.41) is 0.697. The van der Waals surface area contributed by atoms with Gasteiger partial charge in [0, 0.05) is 11.5 Å². The highest BCUT2D eigenvalue weighted by molar-refractivity contribution is 6.30. The van der Waals surface area contributed by atoms with Crippen LogP contribution in [0.3, 0.4) is 0 Å². The van der Waals surface area contributed by atoms with E-state index in [0.29, 0.717) is 5.03 Å². The standard InChI is InChI=1S/C6H8Cl/c1-5(7)4-6-2-3-6/h4,6H,1-3H2. The van der Waals surface area contributed by atoms with E-state index in [2.05, 4.69) is 6.58 Å². The molecule has 0 spiro atoms. The average molecular weight is 116 g/mol. The zero-order chi connectivity index (χ0) is 5.28. The third kappa shape index (κ3) is 1.98. The van der Waals surface area contributed by atoms with Crippen LogP contribution in [-0.4, -0.2) is 0 Å². The molecule has 0 unspecified atom stereocenters. The van der Waals surface area contributed by atoms with Gasteiger partial charge >= 0.3 is 0 Å². The lowest BCUT2D eigenvalue weighted by atomic mass is 10.3. The fraction of sp³-hybridized carbons (Fsp3) is 0.500. The lowest BCUT2D eigenvalue weighted by Gasteiger charge is -1.86. The summed E-state index contributed by atoms with van der Waals surface area (Å²) in [4.78, 5) is 0. The van der Waals surface area contributed by atoms with Crippen molar-refractivity contribution in [1.82, 2.24) is 0 Å². The molecule has 1 fully saturated rings. The van der Waals surface area contributed by atoms with Crippen LogP contribution in [0, 0.1) is 12.3 Å². The van der Waals surface area contributed by atoms with Crippen molar-refractivity contribution in [2.75, 3.05) is 0 Å². The van der Waals surface area contributed by atoms with Gasteiger partial charge in [-0.15, -0.1) is 0 Å². The Balaban J connectivity index is 2.08. The van der Waals surface area contributed by atoms with Crippen molar-refractivity contribution in [1.29, 1.82) is 0 Å². The van der Waals surface area contributed by atoms with Gasteiger partial charge in [0.15, 0.2) is 0 Å². The molecule has 0 nitrogen and oxygen atoms in total. The number of halogens is 1. The third-order valence-electron chi connectivity index (χ3n) is 1.04. The summed E-state index contributed by atoms with van der Waals surface area (Å²) in [6.45, 7) is 3.55. The molecule has 1 heteroatoms. The minimum atomic E-state index is 0.697. The first-order chi connectivity index (χ1) is 3.29. The van der Waals surface area contributed by atoms with Gasteiger partial charge in [-0.3, -0.25) is 0 Å². The van der Waals surface area contributed by atoms with E-state index < -0.39 is 0 Å². The highest BCUT2D eigenvalue weighted by atomic mass is 35.5. The highest BCUT2D eigenvalue weighted by Crippen LogP contribution is 2.34. The Kier molecular flexibility index (Phi) is 1.38. The van der Waals surface area contributed by atoms with Crippen molar-refractivity contribution >= 4 is 11.6 Å². The molecule has 1 radical (unpaired) electrons. The summed E-state index contributed by atoms with van der Waals surface area (Å²) < 4.78 is 0. The second kappa shape index (κ2) is 1.87. The lowest BCUT2D eigenvalue weighted by molar-refractivity contribution is 1.04. The molecule has 0 aromatic rings. The van der Waals surface area contributed by atoms with Gasteiger partial charge in [-0.1, -0.05) is 18.2 Å². The lowest BCUT2D eigenvalue weighted by Crippen LogP contribution is -1.72. The smallest absolute Gasteiger partial charge is 0.0149 e. The fourth-order valence-electron chi connectivity index (χ4n) is 0.519. The molecule has 0 aromatic carbocycles. The third-order valence-corrected chi connectivity index (χ3v) is 1.16. The van der Waals surface area contributed by atoms with Crippen LogP contribution in [0.1, 0.15) is 12.8 Å². The van der Waals surface area contributed by atoms with Crippen LogP contribution in [0.2, 0.25) is 0 Å². The Morgan fingerprint density at radius 3 is 2.43 bits per heavy atom. The SMILES string of the molecule is C=C(Cl)[CH]C1CC1. The zero-order valence-electron chi connectivity index (χ0n) is 4.15.